The average molecular weight is 466 g/mol. The summed E-state index contributed by atoms with van der Waals surface area (Å²) in [5.74, 6) is -2.38. The first-order valence-corrected chi connectivity index (χ1v) is 12.3. The highest BCUT2D eigenvalue weighted by Gasteiger charge is 2.27. The van der Waals surface area contributed by atoms with Crippen LogP contribution >= 0.6 is 0 Å². The van der Waals surface area contributed by atoms with Crippen LogP contribution in [0.5, 0.6) is 0 Å². The molecule has 0 saturated carbocycles. The molecule has 6 nitrogen and oxygen atoms in total. The molecule has 1 saturated heterocycles. The quantitative estimate of drug-likeness (QED) is 0.655. The highest BCUT2D eigenvalue weighted by atomic mass is 32.2. The lowest BCUT2D eigenvalue weighted by Gasteiger charge is -2.33. The van der Waals surface area contributed by atoms with E-state index in [9.17, 15) is 22.0 Å². The van der Waals surface area contributed by atoms with E-state index >= 15 is 0 Å². The minimum Gasteiger partial charge on any atom is -0.371 e. The number of hydrogen-bond donors (Lipinski definition) is 1. The average Bonchev–Trinajstić information content (AvgIpc) is 2.77. The van der Waals surface area contributed by atoms with Crippen molar-refractivity contribution in [3.05, 3.63) is 53.6 Å². The third-order valence-corrected chi connectivity index (χ3v) is 7.93. The molecule has 3 rings (SSSR count). The van der Waals surface area contributed by atoms with Gasteiger partial charge in [0.25, 0.3) is 5.91 Å². The van der Waals surface area contributed by atoms with E-state index in [-0.39, 0.29) is 16.1 Å². The smallest absolute Gasteiger partial charge is 0.257 e. The molecular formula is C23H29F2N3O3S. The third-order valence-electron chi connectivity index (χ3n) is 5.88. The molecule has 0 radical (unpaired) electrons. The van der Waals surface area contributed by atoms with Crippen molar-refractivity contribution in [3.8, 4) is 0 Å². The van der Waals surface area contributed by atoms with Crippen LogP contribution in [0.2, 0.25) is 0 Å². The van der Waals surface area contributed by atoms with Gasteiger partial charge in [0, 0.05) is 31.9 Å². The Labute approximate surface area is 188 Å². The normalized spacial score (nSPS) is 15.2. The third kappa shape index (κ3) is 4.94. The number of carbonyl (C=O) groups excluding carboxylic acids is 1. The molecule has 1 amide bonds. The van der Waals surface area contributed by atoms with Gasteiger partial charge in [-0.1, -0.05) is 26.8 Å². The van der Waals surface area contributed by atoms with E-state index < -0.39 is 27.6 Å². The number of halogens is 2. The number of sulfonamides is 1. The second-order valence-corrected chi connectivity index (χ2v) is 9.93. The van der Waals surface area contributed by atoms with Gasteiger partial charge < -0.3 is 10.2 Å². The van der Waals surface area contributed by atoms with Crippen molar-refractivity contribution in [1.82, 2.24) is 4.31 Å². The number of nitrogens with zero attached hydrogens (tertiary/aromatic N) is 2. The number of anilines is 2. The summed E-state index contributed by atoms with van der Waals surface area (Å²) < 4.78 is 55.1. The zero-order valence-corrected chi connectivity index (χ0v) is 19.4. The van der Waals surface area contributed by atoms with Crippen LogP contribution in [0.15, 0.2) is 41.3 Å². The first-order valence-electron chi connectivity index (χ1n) is 10.8. The Morgan fingerprint density at radius 1 is 1.12 bits per heavy atom. The molecule has 32 heavy (non-hydrogen) atoms. The maximum absolute atomic E-state index is 14.1. The van der Waals surface area contributed by atoms with Crippen LogP contribution < -0.4 is 10.2 Å². The van der Waals surface area contributed by atoms with Crippen LogP contribution in [-0.4, -0.2) is 44.8 Å². The van der Waals surface area contributed by atoms with Crippen molar-refractivity contribution in [1.29, 1.82) is 0 Å². The fraction of sp³-hybridized carbons (Fsp3) is 0.435. The zero-order valence-electron chi connectivity index (χ0n) is 18.6. The van der Waals surface area contributed by atoms with Gasteiger partial charge in [-0.2, -0.15) is 4.31 Å². The lowest BCUT2D eigenvalue weighted by Crippen LogP contribution is -2.35. The fourth-order valence-electron chi connectivity index (χ4n) is 3.89. The van der Waals surface area contributed by atoms with Crippen LogP contribution in [0.1, 0.15) is 44.0 Å². The topological polar surface area (TPSA) is 69.7 Å². The van der Waals surface area contributed by atoms with Gasteiger partial charge in [0.15, 0.2) is 11.6 Å². The summed E-state index contributed by atoms with van der Waals surface area (Å²) in [5.41, 5.74) is 0.381. The van der Waals surface area contributed by atoms with Gasteiger partial charge in [-0.3, -0.25) is 4.79 Å². The second-order valence-electron chi connectivity index (χ2n) is 7.99. The Kier molecular flexibility index (Phi) is 7.51. The number of piperidine rings is 1. The van der Waals surface area contributed by atoms with Crippen LogP contribution in [0.4, 0.5) is 20.2 Å². The SMILES string of the molecule is CCN(CC)S(=O)(=O)c1ccc(N2CCC(C)CC2)c(C(=O)Nc2cccc(F)c2F)c1. The van der Waals surface area contributed by atoms with Crippen molar-refractivity contribution < 1.29 is 22.0 Å². The lowest BCUT2D eigenvalue weighted by molar-refractivity contribution is 0.102. The number of hydrogen-bond acceptors (Lipinski definition) is 4. The van der Waals surface area contributed by atoms with Crippen LogP contribution in [0, 0.1) is 17.6 Å². The Balaban J connectivity index is 2.04. The van der Waals surface area contributed by atoms with Crippen molar-refractivity contribution in [3.63, 3.8) is 0 Å². The van der Waals surface area contributed by atoms with E-state index in [1.807, 2.05) is 4.90 Å². The molecule has 174 valence electrons. The minimum atomic E-state index is -3.80. The number of rotatable bonds is 7. The summed E-state index contributed by atoms with van der Waals surface area (Å²) in [4.78, 5) is 15.2. The molecule has 1 aliphatic heterocycles. The van der Waals surface area contributed by atoms with Crippen LogP contribution in [0.25, 0.3) is 0 Å². The summed E-state index contributed by atoms with van der Waals surface area (Å²) in [6, 6.07) is 7.97. The maximum Gasteiger partial charge on any atom is 0.257 e. The maximum atomic E-state index is 14.1. The highest BCUT2D eigenvalue weighted by molar-refractivity contribution is 7.89. The van der Waals surface area contributed by atoms with Gasteiger partial charge in [0.05, 0.1) is 16.1 Å². The van der Waals surface area contributed by atoms with Crippen LogP contribution in [0.3, 0.4) is 0 Å². The lowest BCUT2D eigenvalue weighted by atomic mass is 9.98. The summed E-state index contributed by atoms with van der Waals surface area (Å²) in [5, 5.41) is 2.40. The Bertz CT molecular complexity index is 1080. The largest absolute Gasteiger partial charge is 0.371 e. The molecule has 9 heteroatoms. The molecule has 0 aromatic heterocycles. The number of carbonyl (C=O) groups is 1. The van der Waals surface area contributed by atoms with E-state index in [1.165, 1.54) is 28.6 Å². The van der Waals surface area contributed by atoms with Gasteiger partial charge in [-0.25, -0.2) is 17.2 Å². The zero-order chi connectivity index (χ0) is 23.5. The predicted octanol–water partition coefficient (Wildman–Crippen LogP) is 4.48. The summed E-state index contributed by atoms with van der Waals surface area (Å²) in [7, 11) is -3.80. The number of benzene rings is 2. The molecule has 0 spiro atoms. The van der Waals surface area contributed by atoms with E-state index in [2.05, 4.69) is 12.2 Å². The van der Waals surface area contributed by atoms with Crippen molar-refractivity contribution in [2.45, 2.75) is 38.5 Å². The molecule has 1 aliphatic rings. The summed E-state index contributed by atoms with van der Waals surface area (Å²) in [6.07, 6.45) is 1.89. The van der Waals surface area contributed by atoms with Crippen molar-refractivity contribution in [2.24, 2.45) is 5.92 Å². The summed E-state index contributed by atoms with van der Waals surface area (Å²) >= 11 is 0. The number of nitrogens with one attached hydrogen (secondary N) is 1. The van der Waals surface area contributed by atoms with Gasteiger partial charge in [-0.05, 0) is 49.1 Å². The van der Waals surface area contributed by atoms with E-state index in [0.717, 1.165) is 32.0 Å². The Morgan fingerprint density at radius 3 is 2.41 bits per heavy atom. The predicted molar refractivity (Wildman–Crippen MR) is 121 cm³/mol. The monoisotopic (exact) mass is 465 g/mol. The van der Waals surface area contributed by atoms with Gasteiger partial charge in [-0.15, -0.1) is 0 Å². The Hall–Kier alpha value is -2.52. The van der Waals surface area contributed by atoms with E-state index in [0.29, 0.717) is 24.7 Å². The molecule has 2 aromatic carbocycles. The van der Waals surface area contributed by atoms with Gasteiger partial charge in [0.1, 0.15) is 0 Å². The highest BCUT2D eigenvalue weighted by Crippen LogP contribution is 2.30. The molecule has 0 atom stereocenters. The molecule has 0 aliphatic carbocycles. The van der Waals surface area contributed by atoms with E-state index in [1.54, 1.807) is 19.9 Å². The molecule has 0 unspecified atom stereocenters. The molecule has 0 bridgehead atoms. The van der Waals surface area contributed by atoms with Crippen molar-refractivity contribution in [2.75, 3.05) is 36.4 Å². The van der Waals surface area contributed by atoms with Crippen LogP contribution in [-0.2, 0) is 10.0 Å². The standard InChI is InChI=1S/C23H29F2N3O3S/c1-4-28(5-2)32(30,31)17-9-10-21(27-13-11-16(3)12-14-27)18(15-17)23(29)26-20-8-6-7-19(24)22(20)25/h6-10,15-16H,4-5,11-14H2,1-3H3,(H,26,29). The van der Waals surface area contributed by atoms with Gasteiger partial charge in [0.2, 0.25) is 10.0 Å². The number of amides is 1. The first kappa shape index (κ1) is 24.1. The molecule has 1 N–H and O–H groups in total. The van der Waals surface area contributed by atoms with Crippen molar-refractivity contribution >= 4 is 27.3 Å². The molecule has 1 fully saturated rings. The first-order chi connectivity index (χ1) is 15.2. The fourth-order valence-corrected chi connectivity index (χ4v) is 5.37. The molecular weight excluding hydrogens is 436 g/mol. The molecule has 2 aromatic rings. The minimum absolute atomic E-state index is 0.0137. The van der Waals surface area contributed by atoms with Gasteiger partial charge >= 0.3 is 0 Å². The molecule has 1 heterocycles. The summed E-state index contributed by atoms with van der Waals surface area (Å²) in [6.45, 7) is 7.67. The second kappa shape index (κ2) is 9.95. The Morgan fingerprint density at radius 2 is 1.78 bits per heavy atom. The van der Waals surface area contributed by atoms with E-state index in [4.69, 9.17) is 0 Å².